The van der Waals surface area contributed by atoms with Gasteiger partial charge in [0.05, 0.1) is 11.7 Å². The molecule has 0 aliphatic heterocycles. The fourth-order valence-electron chi connectivity index (χ4n) is 2.16. The molecule has 0 radical (unpaired) electrons. The summed E-state index contributed by atoms with van der Waals surface area (Å²) in [6.07, 6.45) is 6.71. The van der Waals surface area contributed by atoms with E-state index >= 15 is 0 Å². The highest BCUT2D eigenvalue weighted by molar-refractivity contribution is 4.91. The Morgan fingerprint density at radius 2 is 1.93 bits per heavy atom. The van der Waals surface area contributed by atoms with Gasteiger partial charge >= 0.3 is 0 Å². The summed E-state index contributed by atoms with van der Waals surface area (Å²) in [4.78, 5) is 0. The van der Waals surface area contributed by atoms with E-state index in [2.05, 4.69) is 5.32 Å². The molecule has 0 atom stereocenters. The fraction of sp³-hybridized carbons (Fsp3) is 1.00. The molecule has 2 saturated carbocycles. The summed E-state index contributed by atoms with van der Waals surface area (Å²) in [5, 5.41) is 13.7. The maximum atomic E-state index is 10.2. The van der Waals surface area contributed by atoms with E-state index < -0.39 is 5.60 Å². The highest BCUT2D eigenvalue weighted by Gasteiger charge is 2.34. The second-order valence-electron chi connectivity index (χ2n) is 4.81. The third-order valence-electron chi connectivity index (χ3n) is 3.49. The molecule has 3 heteroatoms. The Morgan fingerprint density at radius 3 is 2.43 bits per heavy atom. The number of nitrogens with one attached hydrogen (secondary N) is 1. The minimum absolute atomic E-state index is 0.371. The fourth-order valence-corrected chi connectivity index (χ4v) is 2.16. The van der Waals surface area contributed by atoms with Crippen LogP contribution in [0.5, 0.6) is 0 Å². The summed E-state index contributed by atoms with van der Waals surface area (Å²) in [6, 6.07) is 0.694. The molecule has 0 bridgehead atoms. The van der Waals surface area contributed by atoms with Gasteiger partial charge < -0.3 is 15.2 Å². The predicted molar refractivity (Wildman–Crippen MR) is 55.2 cm³/mol. The van der Waals surface area contributed by atoms with Crippen LogP contribution in [0.15, 0.2) is 0 Å². The Morgan fingerprint density at radius 1 is 1.29 bits per heavy atom. The van der Waals surface area contributed by atoms with Gasteiger partial charge in [0.1, 0.15) is 0 Å². The van der Waals surface area contributed by atoms with Gasteiger partial charge in [0.15, 0.2) is 0 Å². The van der Waals surface area contributed by atoms with Crippen LogP contribution in [0.2, 0.25) is 0 Å². The largest absolute Gasteiger partial charge is 0.389 e. The predicted octanol–water partition coefficient (Wildman–Crippen LogP) is 1.06. The highest BCUT2D eigenvalue weighted by atomic mass is 16.5. The summed E-state index contributed by atoms with van der Waals surface area (Å²) in [6.45, 7) is 0.772. The van der Waals surface area contributed by atoms with Crippen LogP contribution in [0.3, 0.4) is 0 Å². The molecule has 3 nitrogen and oxygen atoms in total. The molecule has 2 aliphatic carbocycles. The molecular formula is C11H21NO2. The van der Waals surface area contributed by atoms with Gasteiger partial charge in [-0.3, -0.25) is 0 Å². The number of methoxy groups -OCH3 is 1. The summed E-state index contributed by atoms with van der Waals surface area (Å²) in [5.41, 5.74) is -0.461. The average Bonchev–Trinajstić information content (AvgIpc) is 3.00. The molecule has 82 valence electrons. The third-order valence-corrected chi connectivity index (χ3v) is 3.49. The van der Waals surface area contributed by atoms with E-state index in [0.717, 1.165) is 32.2 Å². The number of aliphatic hydroxyl groups is 1. The molecule has 0 unspecified atom stereocenters. The Balaban J connectivity index is 1.72. The molecule has 0 saturated heterocycles. The summed E-state index contributed by atoms with van der Waals surface area (Å²) < 4.78 is 5.29. The van der Waals surface area contributed by atoms with Crippen molar-refractivity contribution in [2.24, 2.45) is 0 Å². The first-order chi connectivity index (χ1) is 6.72. The van der Waals surface area contributed by atoms with Crippen molar-refractivity contribution in [2.75, 3.05) is 13.7 Å². The van der Waals surface area contributed by atoms with E-state index in [1.54, 1.807) is 7.11 Å². The van der Waals surface area contributed by atoms with Crippen molar-refractivity contribution >= 4 is 0 Å². The van der Waals surface area contributed by atoms with Crippen molar-refractivity contribution in [3.05, 3.63) is 0 Å². The topological polar surface area (TPSA) is 41.5 Å². The normalized spacial score (nSPS) is 38.6. The summed E-state index contributed by atoms with van der Waals surface area (Å²) >= 11 is 0. The minimum atomic E-state index is -0.461. The number of ether oxygens (including phenoxy) is 1. The zero-order chi connectivity index (χ0) is 10.0. The lowest BCUT2D eigenvalue weighted by Gasteiger charge is -2.35. The van der Waals surface area contributed by atoms with Crippen molar-refractivity contribution in [3.8, 4) is 0 Å². The van der Waals surface area contributed by atoms with E-state index in [1.807, 2.05) is 0 Å². The molecule has 0 spiro atoms. The first-order valence-corrected chi connectivity index (χ1v) is 5.70. The molecule has 0 heterocycles. The molecule has 2 fully saturated rings. The lowest BCUT2D eigenvalue weighted by molar-refractivity contribution is -0.0420. The Labute approximate surface area is 85.8 Å². The standard InChI is InChI=1S/C11H21NO2/c1-14-10-4-6-11(13,7-5-10)8-12-9-2-3-9/h9-10,12-13H,2-8H2,1H3. The van der Waals surface area contributed by atoms with E-state index in [0.29, 0.717) is 12.1 Å². The molecule has 0 amide bonds. The first-order valence-electron chi connectivity index (χ1n) is 5.70. The van der Waals surface area contributed by atoms with Gasteiger partial charge in [0.25, 0.3) is 0 Å². The number of hydrogen-bond donors (Lipinski definition) is 2. The Kier molecular flexibility index (Phi) is 3.10. The summed E-state index contributed by atoms with van der Waals surface area (Å²) in [5.74, 6) is 0. The lowest BCUT2D eigenvalue weighted by Crippen LogP contribution is -2.45. The van der Waals surface area contributed by atoms with Crippen molar-refractivity contribution in [3.63, 3.8) is 0 Å². The molecule has 2 N–H and O–H groups in total. The molecule has 2 rings (SSSR count). The molecule has 0 aromatic rings. The molecule has 0 aromatic carbocycles. The van der Waals surface area contributed by atoms with Gasteiger partial charge in [-0.05, 0) is 38.5 Å². The maximum absolute atomic E-state index is 10.2. The molecule has 0 aromatic heterocycles. The second-order valence-corrected chi connectivity index (χ2v) is 4.81. The van der Waals surface area contributed by atoms with Crippen LogP contribution in [0.1, 0.15) is 38.5 Å². The highest BCUT2D eigenvalue weighted by Crippen LogP contribution is 2.30. The smallest absolute Gasteiger partial charge is 0.0773 e. The van der Waals surface area contributed by atoms with Gasteiger partial charge in [-0.25, -0.2) is 0 Å². The van der Waals surface area contributed by atoms with Crippen molar-refractivity contribution in [1.82, 2.24) is 5.32 Å². The van der Waals surface area contributed by atoms with Gasteiger partial charge in [-0.15, -0.1) is 0 Å². The number of rotatable bonds is 4. The van der Waals surface area contributed by atoms with Crippen LogP contribution in [0.25, 0.3) is 0 Å². The van der Waals surface area contributed by atoms with E-state index in [9.17, 15) is 5.11 Å². The monoisotopic (exact) mass is 199 g/mol. The van der Waals surface area contributed by atoms with Gasteiger partial charge in [0, 0.05) is 19.7 Å². The quantitative estimate of drug-likeness (QED) is 0.711. The average molecular weight is 199 g/mol. The lowest BCUT2D eigenvalue weighted by atomic mass is 9.83. The van der Waals surface area contributed by atoms with Gasteiger partial charge in [0.2, 0.25) is 0 Å². The Bertz CT molecular complexity index is 184. The zero-order valence-electron chi connectivity index (χ0n) is 8.96. The molecule has 14 heavy (non-hydrogen) atoms. The first kappa shape index (κ1) is 10.4. The van der Waals surface area contributed by atoms with Crippen LogP contribution < -0.4 is 5.32 Å². The van der Waals surface area contributed by atoms with Crippen LogP contribution >= 0.6 is 0 Å². The second kappa shape index (κ2) is 4.17. The third kappa shape index (κ3) is 2.69. The zero-order valence-corrected chi connectivity index (χ0v) is 8.96. The van der Waals surface area contributed by atoms with Crippen molar-refractivity contribution < 1.29 is 9.84 Å². The van der Waals surface area contributed by atoms with E-state index in [1.165, 1.54) is 12.8 Å². The van der Waals surface area contributed by atoms with Crippen LogP contribution in [0.4, 0.5) is 0 Å². The van der Waals surface area contributed by atoms with E-state index in [-0.39, 0.29) is 0 Å². The molecular weight excluding hydrogens is 178 g/mol. The SMILES string of the molecule is COC1CCC(O)(CNC2CC2)CC1. The van der Waals surface area contributed by atoms with Gasteiger partial charge in [-0.2, -0.15) is 0 Å². The van der Waals surface area contributed by atoms with Crippen LogP contribution in [-0.4, -0.2) is 36.5 Å². The minimum Gasteiger partial charge on any atom is -0.389 e. The van der Waals surface area contributed by atoms with Crippen molar-refractivity contribution in [2.45, 2.75) is 56.3 Å². The Hall–Kier alpha value is -0.120. The maximum Gasteiger partial charge on any atom is 0.0773 e. The summed E-state index contributed by atoms with van der Waals surface area (Å²) in [7, 11) is 1.76. The van der Waals surface area contributed by atoms with E-state index in [4.69, 9.17) is 4.74 Å². The van der Waals surface area contributed by atoms with Crippen molar-refractivity contribution in [1.29, 1.82) is 0 Å². The number of hydrogen-bond acceptors (Lipinski definition) is 3. The van der Waals surface area contributed by atoms with Crippen LogP contribution in [-0.2, 0) is 4.74 Å². The van der Waals surface area contributed by atoms with Gasteiger partial charge in [-0.1, -0.05) is 0 Å². The van der Waals surface area contributed by atoms with Crippen LogP contribution in [0, 0.1) is 0 Å². The molecule has 2 aliphatic rings.